The van der Waals surface area contributed by atoms with E-state index in [0.717, 1.165) is 39.0 Å². The molecule has 0 aromatic carbocycles. The highest BCUT2D eigenvalue weighted by molar-refractivity contribution is 5.18. The third-order valence-corrected chi connectivity index (χ3v) is 5.07. The number of rotatable bonds is 7. The smallest absolute Gasteiger partial charge is 0.0954 e. The fourth-order valence-electron chi connectivity index (χ4n) is 3.67. The Morgan fingerprint density at radius 2 is 2.30 bits per heavy atom. The molecule has 0 amide bonds. The zero-order chi connectivity index (χ0) is 15.6. The van der Waals surface area contributed by atoms with Gasteiger partial charge >= 0.3 is 0 Å². The summed E-state index contributed by atoms with van der Waals surface area (Å²) in [7, 11) is 0. The van der Waals surface area contributed by atoms with Crippen molar-refractivity contribution < 1.29 is 14.6 Å². The minimum atomic E-state index is -0.441. The Morgan fingerprint density at radius 1 is 1.39 bits per heavy atom. The van der Waals surface area contributed by atoms with E-state index in [-0.39, 0.29) is 6.10 Å². The summed E-state index contributed by atoms with van der Waals surface area (Å²) >= 11 is 0. The second-order valence-electron chi connectivity index (χ2n) is 7.09. The number of nitrogens with zero attached hydrogens (tertiary/aromatic N) is 3. The summed E-state index contributed by atoms with van der Waals surface area (Å²) < 4.78 is 13.5. The molecule has 1 aliphatic carbocycles. The highest BCUT2D eigenvalue weighted by Crippen LogP contribution is 2.37. The number of aliphatic hydroxyl groups excluding tert-OH is 1. The molecule has 1 saturated heterocycles. The van der Waals surface area contributed by atoms with Crippen LogP contribution in [0.1, 0.15) is 43.1 Å². The molecule has 0 bridgehead atoms. The number of hydrogen-bond acceptors (Lipinski definition) is 5. The van der Waals surface area contributed by atoms with E-state index in [2.05, 4.69) is 14.5 Å². The van der Waals surface area contributed by atoms with Crippen LogP contribution in [-0.2, 0) is 22.4 Å². The van der Waals surface area contributed by atoms with Crippen LogP contribution in [0.15, 0.2) is 6.33 Å². The van der Waals surface area contributed by atoms with Crippen molar-refractivity contribution in [2.45, 2.75) is 56.9 Å². The molecule has 6 nitrogen and oxygen atoms in total. The van der Waals surface area contributed by atoms with E-state index in [0.29, 0.717) is 25.8 Å². The van der Waals surface area contributed by atoms with E-state index >= 15 is 0 Å². The molecule has 0 spiro atoms. The number of imidazole rings is 1. The maximum absolute atomic E-state index is 10.2. The van der Waals surface area contributed by atoms with Crippen molar-refractivity contribution in [2.75, 3.05) is 32.9 Å². The fraction of sp³-hybridized carbons (Fsp3) is 0.824. The maximum atomic E-state index is 10.2. The van der Waals surface area contributed by atoms with Crippen LogP contribution in [0.3, 0.4) is 0 Å². The van der Waals surface area contributed by atoms with Crippen molar-refractivity contribution >= 4 is 0 Å². The monoisotopic (exact) mass is 321 g/mol. The summed E-state index contributed by atoms with van der Waals surface area (Å²) in [5.41, 5.74) is 2.60. The third-order valence-electron chi connectivity index (χ3n) is 5.07. The fourth-order valence-corrected chi connectivity index (χ4v) is 3.67. The van der Waals surface area contributed by atoms with Crippen molar-refractivity contribution in [3.8, 4) is 0 Å². The van der Waals surface area contributed by atoms with Crippen LogP contribution in [0, 0.1) is 0 Å². The Kier molecular flexibility index (Phi) is 4.66. The Hall–Kier alpha value is -0.950. The van der Waals surface area contributed by atoms with Crippen molar-refractivity contribution in [1.82, 2.24) is 14.5 Å². The lowest BCUT2D eigenvalue weighted by molar-refractivity contribution is -0.0262. The van der Waals surface area contributed by atoms with E-state index in [1.165, 1.54) is 24.2 Å². The van der Waals surface area contributed by atoms with Gasteiger partial charge in [0.15, 0.2) is 0 Å². The number of aliphatic hydroxyl groups is 1. The second kappa shape index (κ2) is 6.89. The van der Waals surface area contributed by atoms with Crippen LogP contribution in [0.25, 0.3) is 0 Å². The summed E-state index contributed by atoms with van der Waals surface area (Å²) in [5.74, 6) is 0. The van der Waals surface area contributed by atoms with E-state index in [1.54, 1.807) is 0 Å². The summed E-state index contributed by atoms with van der Waals surface area (Å²) in [6, 6.07) is 0.703. The Bertz CT molecular complexity index is 523. The van der Waals surface area contributed by atoms with Crippen molar-refractivity contribution in [3.63, 3.8) is 0 Å². The molecular formula is C17H27N3O3. The molecule has 1 saturated carbocycles. The lowest BCUT2D eigenvalue weighted by atomic mass is 10.1. The number of ether oxygens (including phenoxy) is 2. The van der Waals surface area contributed by atoms with E-state index in [4.69, 9.17) is 9.47 Å². The molecule has 2 atom stereocenters. The minimum absolute atomic E-state index is 0.228. The van der Waals surface area contributed by atoms with Crippen LogP contribution in [0.4, 0.5) is 0 Å². The molecule has 4 rings (SSSR count). The van der Waals surface area contributed by atoms with Gasteiger partial charge in [-0.1, -0.05) is 0 Å². The summed E-state index contributed by atoms with van der Waals surface area (Å²) in [4.78, 5) is 6.87. The molecule has 0 radical (unpaired) electrons. The van der Waals surface area contributed by atoms with Gasteiger partial charge < -0.3 is 19.1 Å². The molecule has 128 valence electrons. The molecule has 1 N–H and O–H groups in total. The van der Waals surface area contributed by atoms with Crippen LogP contribution < -0.4 is 0 Å². The Morgan fingerprint density at radius 3 is 3.09 bits per heavy atom. The summed E-state index contributed by atoms with van der Waals surface area (Å²) in [6.45, 7) is 4.33. The lowest BCUT2D eigenvalue weighted by Gasteiger charge is -2.29. The predicted octanol–water partition coefficient (Wildman–Crippen LogP) is 1.13. The van der Waals surface area contributed by atoms with Gasteiger partial charge in [-0.25, -0.2) is 4.98 Å². The van der Waals surface area contributed by atoms with Crippen molar-refractivity contribution in [3.05, 3.63) is 17.7 Å². The molecule has 6 heteroatoms. The molecule has 23 heavy (non-hydrogen) atoms. The SMILES string of the molecule is O[C@@H](COC[C@H]1CCCO1)CN1CCc2c(ncn2C2CC2)C1. The molecular weight excluding hydrogens is 294 g/mol. The van der Waals surface area contributed by atoms with Gasteiger partial charge in [0.05, 0.1) is 37.4 Å². The van der Waals surface area contributed by atoms with Gasteiger partial charge in [0, 0.05) is 44.4 Å². The maximum Gasteiger partial charge on any atom is 0.0954 e. The second-order valence-corrected chi connectivity index (χ2v) is 7.09. The summed E-state index contributed by atoms with van der Waals surface area (Å²) in [6.07, 6.45) is 7.63. The highest BCUT2D eigenvalue weighted by atomic mass is 16.5. The van der Waals surface area contributed by atoms with Gasteiger partial charge in [0.25, 0.3) is 0 Å². The van der Waals surface area contributed by atoms with Gasteiger partial charge in [-0.3, -0.25) is 4.90 Å². The van der Waals surface area contributed by atoms with E-state index < -0.39 is 6.10 Å². The molecule has 3 aliphatic rings. The van der Waals surface area contributed by atoms with Crippen LogP contribution >= 0.6 is 0 Å². The molecule has 1 aromatic heterocycles. The third kappa shape index (κ3) is 3.76. The van der Waals surface area contributed by atoms with Crippen molar-refractivity contribution in [1.29, 1.82) is 0 Å². The van der Waals surface area contributed by atoms with E-state index in [1.807, 2.05) is 6.33 Å². The Labute approximate surface area is 137 Å². The van der Waals surface area contributed by atoms with Crippen LogP contribution in [0.2, 0.25) is 0 Å². The molecule has 0 unspecified atom stereocenters. The molecule has 2 fully saturated rings. The van der Waals surface area contributed by atoms with Crippen molar-refractivity contribution in [2.24, 2.45) is 0 Å². The summed E-state index contributed by atoms with van der Waals surface area (Å²) in [5, 5.41) is 10.2. The van der Waals surface area contributed by atoms with E-state index in [9.17, 15) is 5.11 Å². The first-order valence-electron chi connectivity index (χ1n) is 8.94. The first-order chi connectivity index (χ1) is 11.3. The molecule has 1 aromatic rings. The highest BCUT2D eigenvalue weighted by Gasteiger charge is 2.29. The normalized spacial score (nSPS) is 26.4. The zero-order valence-electron chi connectivity index (χ0n) is 13.7. The minimum Gasteiger partial charge on any atom is -0.389 e. The van der Waals surface area contributed by atoms with Gasteiger partial charge in [-0.15, -0.1) is 0 Å². The van der Waals surface area contributed by atoms with Gasteiger partial charge in [0.1, 0.15) is 0 Å². The van der Waals surface area contributed by atoms with Gasteiger partial charge in [0.2, 0.25) is 0 Å². The molecule has 2 aliphatic heterocycles. The number of hydrogen-bond donors (Lipinski definition) is 1. The topological polar surface area (TPSA) is 59.8 Å². The largest absolute Gasteiger partial charge is 0.389 e. The van der Waals surface area contributed by atoms with Crippen LogP contribution in [0.5, 0.6) is 0 Å². The molecule has 3 heterocycles. The van der Waals surface area contributed by atoms with Gasteiger partial charge in [-0.2, -0.15) is 0 Å². The first-order valence-corrected chi connectivity index (χ1v) is 8.94. The number of fused-ring (bicyclic) bond motifs is 1. The quantitative estimate of drug-likeness (QED) is 0.816. The van der Waals surface area contributed by atoms with Crippen LogP contribution in [-0.4, -0.2) is 64.7 Å². The number of aromatic nitrogens is 2. The average molecular weight is 321 g/mol. The average Bonchev–Trinajstić information content (AvgIpc) is 3.09. The first kappa shape index (κ1) is 15.6. The zero-order valence-corrected chi connectivity index (χ0v) is 13.7. The Balaban J connectivity index is 1.21. The number of β-amino-alcohol motifs (C(OH)–C–C–N with tert-alkyl or cyclic N) is 1. The van der Waals surface area contributed by atoms with Gasteiger partial charge in [-0.05, 0) is 25.7 Å². The lowest BCUT2D eigenvalue weighted by Crippen LogP contribution is -2.39. The standard InChI is InChI=1S/C17H27N3O3/c21-14(10-22-11-15-2-1-7-23-15)8-19-6-5-17-16(9-19)18-12-20(17)13-3-4-13/h12-15,21H,1-11H2/t14-,15-/m1/s1. The predicted molar refractivity (Wildman–Crippen MR) is 85.3 cm³/mol.